The van der Waals surface area contributed by atoms with Crippen molar-refractivity contribution in [2.24, 2.45) is 5.41 Å². The molecule has 3 aromatic heterocycles. The van der Waals surface area contributed by atoms with E-state index in [4.69, 9.17) is 8.94 Å². The molecule has 0 saturated carbocycles. The van der Waals surface area contributed by atoms with Crippen molar-refractivity contribution in [2.75, 3.05) is 26.2 Å². The van der Waals surface area contributed by atoms with Gasteiger partial charge >= 0.3 is 5.69 Å². The third-order valence-corrected chi connectivity index (χ3v) is 7.30. The van der Waals surface area contributed by atoms with Crippen molar-refractivity contribution in [3.63, 3.8) is 0 Å². The minimum absolute atomic E-state index is 0.0682. The van der Waals surface area contributed by atoms with Gasteiger partial charge in [0.25, 0.3) is 5.91 Å². The zero-order valence-corrected chi connectivity index (χ0v) is 19.8. The van der Waals surface area contributed by atoms with E-state index in [1.807, 2.05) is 29.2 Å². The average Bonchev–Trinajstić information content (AvgIpc) is 3.62. The van der Waals surface area contributed by atoms with Crippen LogP contribution < -0.4 is 5.69 Å². The summed E-state index contributed by atoms with van der Waals surface area (Å²) >= 11 is 0. The molecule has 0 radical (unpaired) electrons. The van der Waals surface area contributed by atoms with Gasteiger partial charge in [-0.2, -0.15) is 0 Å². The van der Waals surface area contributed by atoms with E-state index in [9.17, 15) is 14.4 Å². The predicted octanol–water partition coefficient (Wildman–Crippen LogP) is 3.12. The number of carbonyl (C=O) groups is 2. The van der Waals surface area contributed by atoms with Crippen LogP contribution in [0.2, 0.25) is 0 Å². The maximum Gasteiger partial charge on any atom is 0.326 e. The highest BCUT2D eigenvalue weighted by atomic mass is 16.5. The summed E-state index contributed by atoms with van der Waals surface area (Å²) in [5.74, 6) is 0.644. The maximum atomic E-state index is 13.0. The van der Waals surface area contributed by atoms with Crippen molar-refractivity contribution in [2.45, 2.75) is 32.2 Å². The highest BCUT2D eigenvalue weighted by Gasteiger charge is 2.48. The van der Waals surface area contributed by atoms with Crippen LogP contribution in [0.25, 0.3) is 22.5 Å². The van der Waals surface area contributed by atoms with Crippen LogP contribution in [0, 0.1) is 5.41 Å². The summed E-state index contributed by atoms with van der Waals surface area (Å²) < 4.78 is 12.3. The van der Waals surface area contributed by atoms with Gasteiger partial charge in [-0.25, -0.2) is 4.79 Å². The molecular formula is C26H27N5O5. The molecule has 10 heteroatoms. The van der Waals surface area contributed by atoms with Crippen LogP contribution in [0.15, 0.2) is 62.5 Å². The van der Waals surface area contributed by atoms with Gasteiger partial charge < -0.3 is 23.7 Å². The number of piperidine rings is 1. The highest BCUT2D eigenvalue weighted by Crippen LogP contribution is 2.40. The van der Waals surface area contributed by atoms with Gasteiger partial charge in [0.05, 0.1) is 17.3 Å². The predicted molar refractivity (Wildman–Crippen MR) is 130 cm³/mol. The third kappa shape index (κ3) is 4.02. The van der Waals surface area contributed by atoms with Gasteiger partial charge in [0.1, 0.15) is 5.69 Å². The summed E-state index contributed by atoms with van der Waals surface area (Å²) in [6.07, 6.45) is 4.43. The van der Waals surface area contributed by atoms with E-state index >= 15 is 0 Å². The number of imidazole rings is 1. The van der Waals surface area contributed by atoms with E-state index in [1.54, 1.807) is 33.9 Å². The normalized spacial score (nSPS) is 17.0. The third-order valence-electron chi connectivity index (χ3n) is 7.30. The van der Waals surface area contributed by atoms with Crippen molar-refractivity contribution in [3.8, 4) is 11.5 Å². The fraction of sp³-hybridized carbons (Fsp3) is 0.385. The van der Waals surface area contributed by atoms with Gasteiger partial charge in [-0.1, -0.05) is 17.3 Å². The largest absolute Gasteiger partial charge is 0.463 e. The molecule has 0 bridgehead atoms. The van der Waals surface area contributed by atoms with Crippen LogP contribution in [0.1, 0.15) is 36.2 Å². The number of likely N-dealkylation sites (tertiary alicyclic amines) is 2. The second-order valence-corrected chi connectivity index (χ2v) is 9.84. The van der Waals surface area contributed by atoms with Crippen molar-refractivity contribution >= 4 is 22.8 Å². The van der Waals surface area contributed by atoms with Crippen molar-refractivity contribution in [3.05, 3.63) is 65.0 Å². The van der Waals surface area contributed by atoms with Gasteiger partial charge in [0.15, 0.2) is 5.76 Å². The number of hydrogen-bond acceptors (Lipinski definition) is 6. The fourth-order valence-corrected chi connectivity index (χ4v) is 5.53. The summed E-state index contributed by atoms with van der Waals surface area (Å²) in [5, 5.41) is 3.94. The summed E-state index contributed by atoms with van der Waals surface area (Å²) in [7, 11) is 0. The molecule has 5 heterocycles. The minimum atomic E-state index is -0.196. The number of nitrogens with zero attached hydrogens (tertiary/aromatic N) is 4. The Morgan fingerprint density at radius 1 is 1.08 bits per heavy atom. The molecular weight excluding hydrogens is 462 g/mol. The number of nitrogens with one attached hydrogen (secondary N) is 1. The van der Waals surface area contributed by atoms with Crippen LogP contribution in [0.3, 0.4) is 0 Å². The summed E-state index contributed by atoms with van der Waals surface area (Å²) in [6, 6.07) is 12.7. The molecule has 2 fully saturated rings. The lowest BCUT2D eigenvalue weighted by Crippen LogP contribution is -2.64. The topological polar surface area (TPSA) is 118 Å². The molecule has 2 aliphatic heterocycles. The molecule has 2 saturated heterocycles. The number of aromatic nitrogens is 3. The van der Waals surface area contributed by atoms with Gasteiger partial charge in [-0.3, -0.25) is 14.2 Å². The quantitative estimate of drug-likeness (QED) is 0.445. The first-order valence-electron chi connectivity index (χ1n) is 12.3. The Morgan fingerprint density at radius 3 is 2.75 bits per heavy atom. The van der Waals surface area contributed by atoms with Crippen LogP contribution in [-0.2, 0) is 11.3 Å². The first-order chi connectivity index (χ1) is 17.5. The molecule has 2 aliphatic rings. The van der Waals surface area contributed by atoms with E-state index in [0.29, 0.717) is 50.5 Å². The molecule has 1 N–H and O–H groups in total. The van der Waals surface area contributed by atoms with Crippen molar-refractivity contribution in [1.29, 1.82) is 0 Å². The number of benzene rings is 1. The second-order valence-electron chi connectivity index (χ2n) is 9.84. The number of fused-ring (bicyclic) bond motifs is 1. The Bertz CT molecular complexity index is 1460. The Balaban J connectivity index is 1.02. The van der Waals surface area contributed by atoms with Crippen molar-refractivity contribution < 1.29 is 18.5 Å². The number of H-pyrrole nitrogens is 1. The van der Waals surface area contributed by atoms with Gasteiger partial charge in [-0.15, -0.1) is 0 Å². The molecule has 10 nitrogen and oxygen atoms in total. The molecule has 0 atom stereocenters. The second kappa shape index (κ2) is 8.85. The summed E-state index contributed by atoms with van der Waals surface area (Å²) in [5.41, 5.74) is 1.93. The SMILES string of the molecule is O=C(CCCn1c(=O)[nH]c2ccccc21)N1CCCC2(C1)CN(C(=O)c1cc(-c3ccco3)no1)C2. The van der Waals surface area contributed by atoms with E-state index in [1.165, 1.54) is 0 Å². The number of carbonyl (C=O) groups excluding carboxylic acids is 2. The van der Waals surface area contributed by atoms with E-state index < -0.39 is 0 Å². The Labute approximate surface area is 206 Å². The number of rotatable bonds is 6. The van der Waals surface area contributed by atoms with Crippen LogP contribution in [0.5, 0.6) is 0 Å². The number of aromatic amines is 1. The van der Waals surface area contributed by atoms with Crippen LogP contribution >= 0.6 is 0 Å². The number of para-hydroxylation sites is 2. The lowest BCUT2D eigenvalue weighted by Gasteiger charge is -2.54. The smallest absolute Gasteiger partial charge is 0.326 e. The number of aryl methyl sites for hydroxylation is 1. The minimum Gasteiger partial charge on any atom is -0.463 e. The zero-order valence-electron chi connectivity index (χ0n) is 19.8. The lowest BCUT2D eigenvalue weighted by molar-refractivity contribution is -0.138. The first-order valence-corrected chi connectivity index (χ1v) is 12.3. The Morgan fingerprint density at radius 2 is 1.92 bits per heavy atom. The average molecular weight is 490 g/mol. The van der Waals surface area contributed by atoms with Gasteiger partial charge in [0.2, 0.25) is 11.7 Å². The lowest BCUT2D eigenvalue weighted by atomic mass is 9.73. The highest BCUT2D eigenvalue weighted by molar-refractivity contribution is 5.93. The number of amides is 2. The molecule has 0 aliphatic carbocycles. The van der Waals surface area contributed by atoms with E-state index in [2.05, 4.69) is 10.1 Å². The molecule has 1 spiro atoms. The first kappa shape index (κ1) is 22.4. The molecule has 36 heavy (non-hydrogen) atoms. The number of furan rings is 1. The Hall–Kier alpha value is -4.08. The van der Waals surface area contributed by atoms with Crippen LogP contribution in [-0.4, -0.2) is 62.5 Å². The molecule has 1 aromatic carbocycles. The summed E-state index contributed by atoms with van der Waals surface area (Å²) in [4.78, 5) is 44.6. The standard InChI is InChI=1S/C26H27N5O5/c32-23(9-3-12-31-20-7-2-1-6-18(20)27-25(31)34)29-11-5-10-26(15-29)16-30(17-26)24(33)22-14-19(28-36-22)21-8-4-13-35-21/h1-2,4,6-8,13-14H,3,5,9-12,15-17H2,(H,27,34). The monoisotopic (exact) mass is 489 g/mol. The molecule has 186 valence electrons. The molecule has 0 unspecified atom stereocenters. The Kier molecular flexibility index (Phi) is 5.50. The number of hydrogen-bond donors (Lipinski definition) is 1. The summed E-state index contributed by atoms with van der Waals surface area (Å²) in [6.45, 7) is 3.06. The van der Waals surface area contributed by atoms with E-state index in [0.717, 1.165) is 30.4 Å². The zero-order chi connectivity index (χ0) is 24.7. The molecule has 2 amide bonds. The van der Waals surface area contributed by atoms with Crippen LogP contribution in [0.4, 0.5) is 0 Å². The molecule has 4 aromatic rings. The van der Waals surface area contributed by atoms with Gasteiger partial charge in [0, 0.05) is 50.6 Å². The maximum absolute atomic E-state index is 13.0. The van der Waals surface area contributed by atoms with Gasteiger partial charge in [-0.05, 0) is 43.5 Å². The molecule has 6 rings (SSSR count). The van der Waals surface area contributed by atoms with Crippen molar-refractivity contribution in [1.82, 2.24) is 24.5 Å². The fourth-order valence-electron chi connectivity index (χ4n) is 5.53. The van der Waals surface area contributed by atoms with E-state index in [-0.39, 0.29) is 28.7 Å².